The predicted molar refractivity (Wildman–Crippen MR) is 98.1 cm³/mol. The molecule has 0 aromatic heterocycles. The number of nitrogens with two attached hydrogens (primary N) is 1. The number of carbonyl (C=O) groups is 3. The topological polar surface area (TPSA) is 77.2 Å². The van der Waals surface area contributed by atoms with E-state index in [0.29, 0.717) is 45.3 Å². The van der Waals surface area contributed by atoms with Gasteiger partial charge in [0.25, 0.3) is 0 Å². The van der Waals surface area contributed by atoms with Crippen molar-refractivity contribution in [2.75, 3.05) is 5.73 Å². The van der Waals surface area contributed by atoms with Gasteiger partial charge < -0.3 is 5.73 Å². The molecule has 0 spiro atoms. The molecule has 1 unspecified atom stereocenters. The van der Waals surface area contributed by atoms with Gasteiger partial charge in [-0.1, -0.05) is 24.3 Å². The lowest BCUT2D eigenvalue weighted by atomic mass is 9.75. The lowest BCUT2D eigenvalue weighted by Gasteiger charge is -2.29. The summed E-state index contributed by atoms with van der Waals surface area (Å²) in [6.45, 7) is 1.59. The molecule has 2 aromatic rings. The first-order valence-corrected chi connectivity index (χ1v) is 9.02. The van der Waals surface area contributed by atoms with Crippen LogP contribution in [0.1, 0.15) is 56.3 Å². The molecule has 1 atom stereocenters. The Morgan fingerprint density at radius 1 is 1.08 bits per heavy atom. The van der Waals surface area contributed by atoms with E-state index in [-0.39, 0.29) is 23.3 Å². The quantitative estimate of drug-likeness (QED) is 0.637. The van der Waals surface area contributed by atoms with Gasteiger partial charge in [0, 0.05) is 27.2 Å². The monoisotopic (exact) mass is 397 g/mol. The van der Waals surface area contributed by atoms with Crippen molar-refractivity contribution in [3.05, 3.63) is 62.1 Å². The number of anilines is 1. The highest BCUT2D eigenvalue weighted by Crippen LogP contribution is 2.43. The zero-order chi connectivity index (χ0) is 17.9. The average molecular weight is 398 g/mol. The van der Waals surface area contributed by atoms with E-state index in [1.54, 1.807) is 31.2 Å². The SMILES string of the molecule is CC(=O)C1CCc2c(N)c3c(c(Br)c2C1)C(=O)c1ccccc1C3=O. The summed E-state index contributed by atoms with van der Waals surface area (Å²) in [5, 5.41) is 0. The number of ketones is 3. The van der Waals surface area contributed by atoms with E-state index in [1.165, 1.54) is 0 Å². The zero-order valence-corrected chi connectivity index (χ0v) is 15.3. The number of hydrogen-bond acceptors (Lipinski definition) is 4. The largest absolute Gasteiger partial charge is 0.398 e. The van der Waals surface area contributed by atoms with Crippen molar-refractivity contribution in [2.24, 2.45) is 5.92 Å². The highest BCUT2D eigenvalue weighted by Gasteiger charge is 2.37. The fourth-order valence-corrected chi connectivity index (χ4v) is 4.73. The third kappa shape index (κ3) is 2.22. The van der Waals surface area contributed by atoms with Gasteiger partial charge in [-0.3, -0.25) is 14.4 Å². The van der Waals surface area contributed by atoms with Crippen LogP contribution < -0.4 is 5.73 Å². The second-order valence-corrected chi connectivity index (χ2v) is 7.48. The zero-order valence-electron chi connectivity index (χ0n) is 13.7. The van der Waals surface area contributed by atoms with Gasteiger partial charge in [0.1, 0.15) is 5.78 Å². The van der Waals surface area contributed by atoms with Crippen LogP contribution in [-0.2, 0) is 17.6 Å². The maximum absolute atomic E-state index is 13.0. The number of Topliss-reactive ketones (excluding diaryl/α,β-unsaturated/α-hetero) is 1. The second-order valence-electron chi connectivity index (χ2n) is 6.69. The van der Waals surface area contributed by atoms with Crippen LogP contribution in [0.2, 0.25) is 0 Å². The third-order valence-corrected chi connectivity index (χ3v) is 6.21. The standard InChI is InChI=1S/C20H16BrNO3/c1-9(23)10-6-7-11-14(8-10)17(21)15-16(18(11)22)20(25)13-5-3-2-4-12(13)19(15)24/h2-5,10H,6-8,22H2,1H3. The van der Waals surface area contributed by atoms with E-state index < -0.39 is 0 Å². The molecule has 0 amide bonds. The molecule has 2 aromatic carbocycles. The molecule has 4 rings (SSSR count). The van der Waals surface area contributed by atoms with Gasteiger partial charge in [0.2, 0.25) is 0 Å². The van der Waals surface area contributed by atoms with Crippen molar-refractivity contribution in [2.45, 2.75) is 26.2 Å². The van der Waals surface area contributed by atoms with E-state index in [4.69, 9.17) is 5.73 Å². The smallest absolute Gasteiger partial charge is 0.196 e. The molecule has 0 saturated heterocycles. The minimum absolute atomic E-state index is 0.0667. The maximum atomic E-state index is 13.0. The normalized spacial score (nSPS) is 18.4. The Balaban J connectivity index is 1.99. The van der Waals surface area contributed by atoms with Gasteiger partial charge in [-0.05, 0) is 53.2 Å². The Kier molecular flexibility index (Phi) is 3.65. The first kappa shape index (κ1) is 16.2. The molecule has 0 aliphatic heterocycles. The summed E-state index contributed by atoms with van der Waals surface area (Å²) < 4.78 is 0.616. The summed E-state index contributed by atoms with van der Waals surface area (Å²) in [5.74, 6) is -0.332. The highest BCUT2D eigenvalue weighted by atomic mass is 79.9. The van der Waals surface area contributed by atoms with Crippen molar-refractivity contribution in [1.82, 2.24) is 0 Å². The third-order valence-electron chi connectivity index (χ3n) is 5.33. The van der Waals surface area contributed by atoms with Crippen molar-refractivity contribution in [1.29, 1.82) is 0 Å². The van der Waals surface area contributed by atoms with Gasteiger partial charge in [0.05, 0.1) is 11.1 Å². The van der Waals surface area contributed by atoms with Crippen molar-refractivity contribution in [3.63, 3.8) is 0 Å². The summed E-state index contributed by atoms with van der Waals surface area (Å²) in [6.07, 6.45) is 1.91. The molecule has 0 heterocycles. The molecule has 2 aliphatic carbocycles. The Hall–Kier alpha value is -2.27. The predicted octanol–water partition coefficient (Wildman–Crippen LogP) is 3.50. The molecule has 0 fully saturated rings. The molecular formula is C20H16BrNO3. The van der Waals surface area contributed by atoms with Crippen LogP contribution in [0.15, 0.2) is 28.7 Å². The Morgan fingerprint density at radius 3 is 2.28 bits per heavy atom. The molecule has 0 radical (unpaired) electrons. The summed E-state index contributed by atoms with van der Waals surface area (Å²) in [6, 6.07) is 6.82. The molecule has 5 heteroatoms. The van der Waals surface area contributed by atoms with E-state index in [1.807, 2.05) is 0 Å². The first-order chi connectivity index (χ1) is 11.9. The lowest BCUT2D eigenvalue weighted by molar-refractivity contribution is -0.121. The number of hydrogen-bond donors (Lipinski definition) is 1. The summed E-state index contributed by atoms with van der Waals surface area (Å²) in [5.41, 5.74) is 9.96. The van der Waals surface area contributed by atoms with Crippen molar-refractivity contribution < 1.29 is 14.4 Å². The van der Waals surface area contributed by atoms with E-state index in [2.05, 4.69) is 15.9 Å². The fraction of sp³-hybridized carbons (Fsp3) is 0.250. The maximum Gasteiger partial charge on any atom is 0.196 e. The van der Waals surface area contributed by atoms with Crippen molar-refractivity contribution >= 4 is 39.0 Å². The van der Waals surface area contributed by atoms with E-state index in [0.717, 1.165) is 17.5 Å². The van der Waals surface area contributed by atoms with Crippen LogP contribution in [0, 0.1) is 5.92 Å². The van der Waals surface area contributed by atoms with Crippen LogP contribution in [0.3, 0.4) is 0 Å². The highest BCUT2D eigenvalue weighted by molar-refractivity contribution is 9.10. The number of fused-ring (bicyclic) bond motifs is 3. The van der Waals surface area contributed by atoms with Crippen LogP contribution in [0.25, 0.3) is 0 Å². The Bertz CT molecular complexity index is 977. The molecule has 2 N–H and O–H groups in total. The van der Waals surface area contributed by atoms with Gasteiger partial charge in [-0.15, -0.1) is 0 Å². The average Bonchev–Trinajstić information content (AvgIpc) is 2.62. The number of nitrogen functional groups attached to an aromatic ring is 1. The minimum atomic E-state index is -0.208. The summed E-state index contributed by atoms with van der Waals surface area (Å²) in [4.78, 5) is 37.8. The first-order valence-electron chi connectivity index (χ1n) is 8.23. The van der Waals surface area contributed by atoms with Crippen molar-refractivity contribution in [3.8, 4) is 0 Å². The molecule has 2 aliphatic rings. The number of rotatable bonds is 1. The summed E-state index contributed by atoms with van der Waals surface area (Å²) >= 11 is 3.54. The second kappa shape index (κ2) is 5.63. The van der Waals surface area contributed by atoms with Crippen LogP contribution in [0.4, 0.5) is 5.69 Å². The molecule has 126 valence electrons. The Labute approximate surface area is 153 Å². The van der Waals surface area contributed by atoms with Gasteiger partial charge in [0.15, 0.2) is 11.6 Å². The van der Waals surface area contributed by atoms with Gasteiger partial charge >= 0.3 is 0 Å². The van der Waals surface area contributed by atoms with Crippen LogP contribution in [-0.4, -0.2) is 17.3 Å². The Morgan fingerprint density at radius 2 is 1.68 bits per heavy atom. The number of carbonyl (C=O) groups excluding carboxylic acids is 3. The fourth-order valence-electron chi connectivity index (χ4n) is 3.95. The van der Waals surface area contributed by atoms with Crippen LogP contribution in [0.5, 0.6) is 0 Å². The molecule has 4 nitrogen and oxygen atoms in total. The molecule has 0 saturated carbocycles. The van der Waals surface area contributed by atoms with Gasteiger partial charge in [-0.25, -0.2) is 0 Å². The molecule has 25 heavy (non-hydrogen) atoms. The number of halogens is 1. The van der Waals surface area contributed by atoms with E-state index >= 15 is 0 Å². The van der Waals surface area contributed by atoms with E-state index in [9.17, 15) is 14.4 Å². The lowest BCUT2D eigenvalue weighted by Crippen LogP contribution is -2.28. The molecule has 0 bridgehead atoms. The summed E-state index contributed by atoms with van der Waals surface area (Å²) in [7, 11) is 0. The molecular weight excluding hydrogens is 382 g/mol. The number of benzene rings is 2. The van der Waals surface area contributed by atoms with Crippen LogP contribution >= 0.6 is 15.9 Å². The van der Waals surface area contributed by atoms with Gasteiger partial charge in [-0.2, -0.15) is 0 Å². The minimum Gasteiger partial charge on any atom is -0.398 e.